The third-order valence-corrected chi connectivity index (χ3v) is 5.90. The van der Waals surface area contributed by atoms with Crippen LogP contribution in [0, 0.1) is 17.6 Å². The van der Waals surface area contributed by atoms with E-state index in [0.29, 0.717) is 17.1 Å². The summed E-state index contributed by atoms with van der Waals surface area (Å²) in [5.74, 6) is -2.72. The minimum atomic E-state index is -1.32. The Morgan fingerprint density at radius 2 is 1.94 bits per heavy atom. The SMILES string of the molecule is CC(C)(O)c1cc2nn([C@H]3CC[C@H](C=O)CC3)cc2cc1NC(=O)c1ncc(F)cc1F. The summed E-state index contributed by atoms with van der Waals surface area (Å²) in [5, 5.41) is 18.6. The van der Waals surface area contributed by atoms with Gasteiger partial charge in [0.05, 0.1) is 23.4 Å². The van der Waals surface area contributed by atoms with Crippen molar-refractivity contribution in [2.75, 3.05) is 5.32 Å². The van der Waals surface area contributed by atoms with Gasteiger partial charge >= 0.3 is 0 Å². The minimum absolute atomic E-state index is 0.0975. The molecular formula is C23H24F2N4O3. The van der Waals surface area contributed by atoms with Crippen molar-refractivity contribution in [3.05, 3.63) is 53.5 Å². The third kappa shape index (κ3) is 4.38. The molecule has 32 heavy (non-hydrogen) atoms. The minimum Gasteiger partial charge on any atom is -0.386 e. The van der Waals surface area contributed by atoms with E-state index in [1.807, 2.05) is 10.9 Å². The van der Waals surface area contributed by atoms with Crippen LogP contribution in [0.25, 0.3) is 10.9 Å². The van der Waals surface area contributed by atoms with Crippen LogP contribution in [-0.4, -0.2) is 32.1 Å². The number of aliphatic hydroxyl groups is 1. The Morgan fingerprint density at radius 3 is 2.56 bits per heavy atom. The lowest BCUT2D eigenvalue weighted by Gasteiger charge is -2.25. The normalized spacial score (nSPS) is 19.2. The molecule has 0 aliphatic heterocycles. The van der Waals surface area contributed by atoms with Crippen molar-refractivity contribution < 1.29 is 23.5 Å². The molecule has 0 radical (unpaired) electrons. The number of nitrogens with zero attached hydrogens (tertiary/aromatic N) is 3. The lowest BCUT2D eigenvalue weighted by molar-refractivity contribution is -0.112. The molecule has 1 fully saturated rings. The van der Waals surface area contributed by atoms with Gasteiger partial charge in [0.1, 0.15) is 12.1 Å². The van der Waals surface area contributed by atoms with E-state index in [1.54, 1.807) is 26.0 Å². The summed E-state index contributed by atoms with van der Waals surface area (Å²) in [7, 11) is 0. The molecule has 3 aromatic rings. The molecule has 1 aliphatic rings. The van der Waals surface area contributed by atoms with Crippen LogP contribution >= 0.6 is 0 Å². The number of nitrogens with one attached hydrogen (secondary N) is 1. The first-order chi connectivity index (χ1) is 15.2. The summed E-state index contributed by atoms with van der Waals surface area (Å²) in [6.07, 6.45) is 6.96. The number of hydrogen-bond acceptors (Lipinski definition) is 5. The topological polar surface area (TPSA) is 97.1 Å². The van der Waals surface area contributed by atoms with Crippen molar-refractivity contribution in [1.82, 2.24) is 14.8 Å². The van der Waals surface area contributed by atoms with Gasteiger partial charge in [0.15, 0.2) is 11.5 Å². The number of hydrogen-bond donors (Lipinski definition) is 2. The van der Waals surface area contributed by atoms with Gasteiger partial charge in [0.2, 0.25) is 0 Å². The van der Waals surface area contributed by atoms with Gasteiger partial charge in [0, 0.05) is 34.8 Å². The Balaban J connectivity index is 1.68. The van der Waals surface area contributed by atoms with Gasteiger partial charge in [-0.3, -0.25) is 9.48 Å². The molecule has 0 atom stereocenters. The number of carbonyl (C=O) groups is 2. The highest BCUT2D eigenvalue weighted by atomic mass is 19.1. The number of aldehydes is 1. The third-order valence-electron chi connectivity index (χ3n) is 5.90. The molecule has 1 saturated carbocycles. The number of carbonyl (C=O) groups excluding carboxylic acids is 2. The van der Waals surface area contributed by atoms with E-state index in [-0.39, 0.29) is 17.6 Å². The molecule has 2 aromatic heterocycles. The predicted molar refractivity (Wildman–Crippen MR) is 114 cm³/mol. The van der Waals surface area contributed by atoms with E-state index in [0.717, 1.165) is 43.6 Å². The highest BCUT2D eigenvalue weighted by Gasteiger charge is 2.26. The van der Waals surface area contributed by atoms with Gasteiger partial charge in [-0.25, -0.2) is 13.8 Å². The second kappa shape index (κ2) is 8.38. The summed E-state index contributed by atoms with van der Waals surface area (Å²) < 4.78 is 29.0. The summed E-state index contributed by atoms with van der Waals surface area (Å²) in [6.45, 7) is 3.14. The van der Waals surface area contributed by atoms with Crippen LogP contribution in [0.4, 0.5) is 14.5 Å². The molecule has 4 rings (SSSR count). The number of anilines is 1. The van der Waals surface area contributed by atoms with Crippen LogP contribution in [0.2, 0.25) is 0 Å². The van der Waals surface area contributed by atoms with Crippen molar-refractivity contribution in [3.8, 4) is 0 Å². The van der Waals surface area contributed by atoms with E-state index in [1.165, 1.54) is 0 Å². The molecule has 0 bridgehead atoms. The second-order valence-electron chi connectivity index (χ2n) is 8.77. The number of rotatable bonds is 5. The van der Waals surface area contributed by atoms with Crippen LogP contribution in [0.15, 0.2) is 30.6 Å². The first kappa shape index (κ1) is 22.0. The Kier molecular flexibility index (Phi) is 5.77. The van der Waals surface area contributed by atoms with Crippen LogP contribution in [0.5, 0.6) is 0 Å². The molecule has 2 N–H and O–H groups in total. The Labute approximate surface area is 183 Å². The fourth-order valence-corrected chi connectivity index (χ4v) is 4.15. The lowest BCUT2D eigenvalue weighted by Crippen LogP contribution is -2.22. The maximum Gasteiger partial charge on any atom is 0.277 e. The summed E-state index contributed by atoms with van der Waals surface area (Å²) in [5.41, 5.74) is -0.544. The smallest absolute Gasteiger partial charge is 0.277 e. The standard InChI is InChI=1S/C23H24F2N4O3/c1-23(2,32)17-9-19-14(11-29(28-19)16-5-3-13(12-30)4-6-16)7-20(17)27-22(31)21-18(25)8-15(24)10-26-21/h7-13,16,32H,3-6H2,1-2H3,(H,27,31)/t13-,16-. The summed E-state index contributed by atoms with van der Waals surface area (Å²) in [4.78, 5) is 27.2. The van der Waals surface area contributed by atoms with E-state index < -0.39 is 28.8 Å². The van der Waals surface area contributed by atoms with Crippen LogP contribution < -0.4 is 5.32 Å². The number of halogens is 2. The average molecular weight is 442 g/mol. The maximum atomic E-state index is 14.0. The maximum absolute atomic E-state index is 14.0. The Morgan fingerprint density at radius 1 is 1.22 bits per heavy atom. The fourth-order valence-electron chi connectivity index (χ4n) is 4.15. The molecule has 1 aliphatic carbocycles. The molecule has 1 aromatic carbocycles. The molecule has 0 spiro atoms. The Hall–Kier alpha value is -3.20. The van der Waals surface area contributed by atoms with Crippen LogP contribution in [0.3, 0.4) is 0 Å². The van der Waals surface area contributed by atoms with Crippen molar-refractivity contribution >= 4 is 28.8 Å². The number of aromatic nitrogens is 3. The van der Waals surface area contributed by atoms with Gasteiger partial charge in [-0.05, 0) is 51.7 Å². The zero-order chi connectivity index (χ0) is 23.0. The zero-order valence-electron chi connectivity index (χ0n) is 17.8. The first-order valence-electron chi connectivity index (χ1n) is 10.5. The molecule has 1 amide bonds. The molecule has 0 saturated heterocycles. The zero-order valence-corrected chi connectivity index (χ0v) is 17.8. The van der Waals surface area contributed by atoms with Gasteiger partial charge < -0.3 is 15.2 Å². The lowest BCUT2D eigenvalue weighted by atomic mass is 9.87. The van der Waals surface area contributed by atoms with Gasteiger partial charge in [-0.1, -0.05) is 0 Å². The molecular weight excluding hydrogens is 418 g/mol. The van der Waals surface area contributed by atoms with Crippen LogP contribution in [-0.2, 0) is 10.4 Å². The van der Waals surface area contributed by atoms with E-state index in [4.69, 9.17) is 0 Å². The van der Waals surface area contributed by atoms with Gasteiger partial charge in [-0.2, -0.15) is 5.10 Å². The van der Waals surface area contributed by atoms with Gasteiger partial charge in [-0.15, -0.1) is 0 Å². The Bertz CT molecular complexity index is 1180. The van der Waals surface area contributed by atoms with Crippen molar-refractivity contribution in [3.63, 3.8) is 0 Å². The number of pyridine rings is 1. The summed E-state index contributed by atoms with van der Waals surface area (Å²) in [6, 6.07) is 4.11. The second-order valence-corrected chi connectivity index (χ2v) is 8.77. The van der Waals surface area contributed by atoms with E-state index >= 15 is 0 Å². The summed E-state index contributed by atoms with van der Waals surface area (Å²) >= 11 is 0. The molecule has 9 heteroatoms. The van der Waals surface area contributed by atoms with E-state index in [2.05, 4.69) is 15.4 Å². The average Bonchev–Trinajstić information content (AvgIpc) is 3.15. The quantitative estimate of drug-likeness (QED) is 0.580. The predicted octanol–water partition coefficient (Wildman–Crippen LogP) is 4.12. The number of fused-ring (bicyclic) bond motifs is 1. The monoisotopic (exact) mass is 442 g/mol. The molecule has 7 nitrogen and oxygen atoms in total. The van der Waals surface area contributed by atoms with Crippen LogP contribution in [0.1, 0.15) is 61.6 Å². The molecule has 2 heterocycles. The molecule has 168 valence electrons. The van der Waals surface area contributed by atoms with E-state index in [9.17, 15) is 23.5 Å². The van der Waals surface area contributed by atoms with Crippen molar-refractivity contribution in [2.24, 2.45) is 5.92 Å². The molecule has 0 unspecified atom stereocenters. The largest absolute Gasteiger partial charge is 0.386 e. The van der Waals surface area contributed by atoms with Crippen molar-refractivity contribution in [1.29, 1.82) is 0 Å². The highest BCUT2D eigenvalue weighted by molar-refractivity contribution is 6.04. The number of benzene rings is 1. The van der Waals surface area contributed by atoms with Crippen molar-refractivity contribution in [2.45, 2.75) is 51.2 Å². The fraction of sp³-hybridized carbons (Fsp3) is 0.391. The first-order valence-corrected chi connectivity index (χ1v) is 10.5. The number of amides is 1. The van der Waals surface area contributed by atoms with Gasteiger partial charge in [0.25, 0.3) is 5.91 Å². The highest BCUT2D eigenvalue weighted by Crippen LogP contribution is 2.35.